The summed E-state index contributed by atoms with van der Waals surface area (Å²) in [5.74, 6) is 2.78. The van der Waals surface area contributed by atoms with Crippen molar-refractivity contribution in [2.75, 3.05) is 26.1 Å². The van der Waals surface area contributed by atoms with Crippen LogP contribution in [-0.4, -0.2) is 42.2 Å². The van der Waals surface area contributed by atoms with Crippen molar-refractivity contribution in [3.05, 3.63) is 48.0 Å². The molecule has 2 aromatic carbocycles. The zero-order valence-electron chi connectivity index (χ0n) is 18.3. The number of amides is 1. The first-order chi connectivity index (χ1) is 16.1. The largest absolute Gasteiger partial charge is 0.497 e. The van der Waals surface area contributed by atoms with Gasteiger partial charge in [-0.05, 0) is 54.8 Å². The predicted molar refractivity (Wildman–Crippen MR) is 123 cm³/mol. The maximum Gasteiger partial charge on any atom is 0.277 e. The van der Waals surface area contributed by atoms with Gasteiger partial charge in [-0.15, -0.1) is 10.2 Å². The molecule has 1 saturated carbocycles. The molecule has 0 bridgehead atoms. The van der Waals surface area contributed by atoms with Crippen LogP contribution in [0.1, 0.15) is 31.2 Å². The van der Waals surface area contributed by atoms with Crippen molar-refractivity contribution in [3.63, 3.8) is 0 Å². The fourth-order valence-electron chi connectivity index (χ4n) is 4.35. The topological polar surface area (TPSA) is 95.7 Å². The number of carbonyl (C=O) groups excluding carboxylic acids is 1. The Labute approximate surface area is 196 Å². The Morgan fingerprint density at radius 1 is 1.06 bits per heavy atom. The highest BCUT2D eigenvalue weighted by Gasteiger charge is 2.38. The average Bonchev–Trinajstić information content (AvgIpc) is 3.53. The Bertz CT molecular complexity index is 1130. The van der Waals surface area contributed by atoms with Crippen molar-refractivity contribution in [3.8, 4) is 28.7 Å². The molecule has 1 aromatic heterocycles. The third-order valence-corrected chi connectivity index (χ3v) is 6.82. The van der Waals surface area contributed by atoms with Gasteiger partial charge in [0, 0.05) is 5.56 Å². The van der Waals surface area contributed by atoms with E-state index in [2.05, 4.69) is 15.5 Å². The number of hydrogen-bond donors (Lipinski definition) is 1. The maximum atomic E-state index is 12.9. The van der Waals surface area contributed by atoms with E-state index in [-0.39, 0.29) is 11.7 Å². The zero-order valence-corrected chi connectivity index (χ0v) is 19.2. The Kier molecular flexibility index (Phi) is 6.13. The van der Waals surface area contributed by atoms with E-state index in [0.717, 1.165) is 54.1 Å². The number of fused-ring (bicyclic) bond motifs is 1. The van der Waals surface area contributed by atoms with Crippen LogP contribution in [0.4, 0.5) is 0 Å². The molecule has 1 aliphatic heterocycles. The Morgan fingerprint density at radius 2 is 1.82 bits per heavy atom. The fourth-order valence-corrected chi connectivity index (χ4v) is 4.92. The molecule has 9 heteroatoms. The van der Waals surface area contributed by atoms with E-state index >= 15 is 0 Å². The molecular formula is C24H25N3O5S. The Hall–Kier alpha value is -3.20. The summed E-state index contributed by atoms with van der Waals surface area (Å²) in [6.07, 6.45) is 3.92. The molecule has 5 rings (SSSR count). The SMILES string of the molecule is COc1ccc(-c2nnc(SCC(=O)NC3(c4ccc5c(c4)OCCO5)CCCC3)o2)cc1. The summed E-state index contributed by atoms with van der Waals surface area (Å²) in [6.45, 7) is 1.09. The van der Waals surface area contributed by atoms with Gasteiger partial charge in [0.15, 0.2) is 11.5 Å². The van der Waals surface area contributed by atoms with E-state index in [1.54, 1.807) is 7.11 Å². The van der Waals surface area contributed by atoms with Gasteiger partial charge in [0.1, 0.15) is 19.0 Å². The third kappa shape index (κ3) is 4.64. The maximum absolute atomic E-state index is 12.9. The van der Waals surface area contributed by atoms with Gasteiger partial charge in [0.25, 0.3) is 5.22 Å². The molecule has 0 atom stereocenters. The summed E-state index contributed by atoms with van der Waals surface area (Å²) in [6, 6.07) is 13.3. The number of thioether (sulfide) groups is 1. The summed E-state index contributed by atoms with van der Waals surface area (Å²) in [7, 11) is 1.62. The molecule has 1 N–H and O–H groups in total. The molecule has 33 heavy (non-hydrogen) atoms. The number of hydrogen-bond acceptors (Lipinski definition) is 8. The quantitative estimate of drug-likeness (QED) is 0.517. The van der Waals surface area contributed by atoms with E-state index in [4.69, 9.17) is 18.6 Å². The van der Waals surface area contributed by atoms with Crippen LogP contribution in [0.2, 0.25) is 0 Å². The molecule has 1 aliphatic carbocycles. The Morgan fingerprint density at radius 3 is 2.58 bits per heavy atom. The van der Waals surface area contributed by atoms with Crippen molar-refractivity contribution in [2.45, 2.75) is 36.4 Å². The molecular weight excluding hydrogens is 442 g/mol. The number of methoxy groups -OCH3 is 1. The highest BCUT2D eigenvalue weighted by molar-refractivity contribution is 7.99. The lowest BCUT2D eigenvalue weighted by Crippen LogP contribution is -2.44. The van der Waals surface area contributed by atoms with E-state index in [1.165, 1.54) is 11.8 Å². The smallest absolute Gasteiger partial charge is 0.277 e. The second-order valence-electron chi connectivity index (χ2n) is 8.09. The van der Waals surface area contributed by atoms with Gasteiger partial charge in [-0.2, -0.15) is 0 Å². The molecule has 0 unspecified atom stereocenters. The van der Waals surface area contributed by atoms with Crippen molar-refractivity contribution < 1.29 is 23.4 Å². The zero-order chi connectivity index (χ0) is 22.7. The number of nitrogens with one attached hydrogen (secondary N) is 1. The lowest BCUT2D eigenvalue weighted by molar-refractivity contribution is -0.120. The number of ether oxygens (including phenoxy) is 3. The highest BCUT2D eigenvalue weighted by atomic mass is 32.2. The summed E-state index contributed by atoms with van der Waals surface area (Å²) < 4.78 is 22.3. The molecule has 172 valence electrons. The number of carbonyl (C=O) groups is 1. The molecule has 2 aliphatic rings. The minimum Gasteiger partial charge on any atom is -0.497 e. The molecule has 2 heterocycles. The first kappa shape index (κ1) is 21.6. The predicted octanol–water partition coefficient (Wildman–Crippen LogP) is 4.19. The van der Waals surface area contributed by atoms with E-state index in [0.29, 0.717) is 24.3 Å². The van der Waals surface area contributed by atoms with Crippen LogP contribution in [0, 0.1) is 0 Å². The van der Waals surface area contributed by atoms with E-state index < -0.39 is 5.54 Å². The second-order valence-corrected chi connectivity index (χ2v) is 9.01. The fraction of sp³-hybridized carbons (Fsp3) is 0.375. The van der Waals surface area contributed by atoms with Gasteiger partial charge in [-0.1, -0.05) is 30.7 Å². The van der Waals surface area contributed by atoms with Crippen LogP contribution in [0.25, 0.3) is 11.5 Å². The molecule has 3 aromatic rings. The van der Waals surface area contributed by atoms with Crippen LogP contribution < -0.4 is 19.5 Å². The normalized spacial score (nSPS) is 16.4. The van der Waals surface area contributed by atoms with E-state index in [9.17, 15) is 4.79 Å². The van der Waals surface area contributed by atoms with Crippen LogP contribution in [0.15, 0.2) is 52.1 Å². The van der Waals surface area contributed by atoms with Crippen molar-refractivity contribution in [2.24, 2.45) is 0 Å². The molecule has 0 radical (unpaired) electrons. The van der Waals surface area contributed by atoms with Gasteiger partial charge >= 0.3 is 0 Å². The van der Waals surface area contributed by atoms with Gasteiger partial charge in [-0.25, -0.2) is 0 Å². The van der Waals surface area contributed by atoms with Gasteiger partial charge < -0.3 is 23.9 Å². The molecule has 8 nitrogen and oxygen atoms in total. The minimum absolute atomic E-state index is 0.0685. The third-order valence-electron chi connectivity index (χ3n) is 6.00. The van der Waals surface area contributed by atoms with Crippen molar-refractivity contribution in [1.29, 1.82) is 0 Å². The van der Waals surface area contributed by atoms with Crippen molar-refractivity contribution >= 4 is 17.7 Å². The highest BCUT2D eigenvalue weighted by Crippen LogP contribution is 2.42. The molecule has 0 saturated heterocycles. The molecule has 1 fully saturated rings. The number of benzene rings is 2. The first-order valence-electron chi connectivity index (χ1n) is 11.0. The van der Waals surface area contributed by atoms with Crippen LogP contribution in [-0.2, 0) is 10.3 Å². The lowest BCUT2D eigenvalue weighted by Gasteiger charge is -2.32. The van der Waals surface area contributed by atoms with Gasteiger partial charge in [0.05, 0.1) is 18.4 Å². The summed E-state index contributed by atoms with van der Waals surface area (Å²) in [5, 5.41) is 11.8. The van der Waals surface area contributed by atoms with Crippen LogP contribution in [0.5, 0.6) is 17.2 Å². The average molecular weight is 468 g/mol. The van der Waals surface area contributed by atoms with Gasteiger partial charge in [-0.3, -0.25) is 4.79 Å². The van der Waals surface area contributed by atoms with Gasteiger partial charge in [0.2, 0.25) is 11.8 Å². The lowest BCUT2D eigenvalue weighted by atomic mass is 9.87. The molecule has 0 spiro atoms. The minimum atomic E-state index is -0.392. The van der Waals surface area contributed by atoms with Crippen molar-refractivity contribution in [1.82, 2.24) is 15.5 Å². The first-order valence-corrected chi connectivity index (χ1v) is 12.0. The monoisotopic (exact) mass is 467 g/mol. The number of nitrogens with zero attached hydrogens (tertiary/aromatic N) is 2. The number of rotatable bonds is 7. The summed E-state index contributed by atoms with van der Waals surface area (Å²) in [4.78, 5) is 12.9. The molecule has 1 amide bonds. The standard InChI is InChI=1S/C24H25N3O5S/c1-29-18-7-4-16(5-8-18)22-26-27-23(32-22)33-15-21(28)25-24(10-2-3-11-24)17-6-9-19-20(14-17)31-13-12-30-19/h4-9,14H,2-3,10-13,15H2,1H3,(H,25,28). The van der Waals surface area contributed by atoms with E-state index in [1.807, 2.05) is 42.5 Å². The Balaban J connectivity index is 1.24. The second kappa shape index (κ2) is 9.35. The van der Waals surface area contributed by atoms with Crippen LogP contribution in [0.3, 0.4) is 0 Å². The summed E-state index contributed by atoms with van der Waals surface area (Å²) in [5.41, 5.74) is 1.46. The van der Waals surface area contributed by atoms with Crippen LogP contribution >= 0.6 is 11.8 Å². The number of aromatic nitrogens is 2. The summed E-state index contributed by atoms with van der Waals surface area (Å²) >= 11 is 1.23.